The first-order valence-corrected chi connectivity index (χ1v) is 9.70. The minimum Gasteiger partial charge on any atom is -0.508 e. The third-order valence-corrected chi connectivity index (χ3v) is 5.50. The van der Waals surface area contributed by atoms with E-state index in [0.29, 0.717) is 43.6 Å². The fourth-order valence-electron chi connectivity index (χ4n) is 2.57. The van der Waals surface area contributed by atoms with Crippen molar-refractivity contribution in [3.8, 4) is 17.1 Å². The molecule has 3 aromatic rings. The molecule has 1 saturated heterocycles. The van der Waals surface area contributed by atoms with Crippen molar-refractivity contribution in [2.75, 3.05) is 0 Å². The predicted octanol–water partition coefficient (Wildman–Crippen LogP) is 6.49. The van der Waals surface area contributed by atoms with E-state index in [4.69, 9.17) is 27.6 Å². The van der Waals surface area contributed by atoms with E-state index in [1.165, 1.54) is 12.1 Å². The zero-order valence-corrected chi connectivity index (χ0v) is 16.5. The number of phenolic OH excluding ortho intramolecular Hbond substituents is 1. The number of halogens is 2. The number of hydrogen-bond acceptors (Lipinski definition) is 5. The summed E-state index contributed by atoms with van der Waals surface area (Å²) in [6.07, 6.45) is 1.73. The van der Waals surface area contributed by atoms with Gasteiger partial charge in [0.05, 0.1) is 20.6 Å². The summed E-state index contributed by atoms with van der Waals surface area (Å²) in [7, 11) is 0. The number of amidine groups is 1. The number of amides is 1. The smallest absolute Gasteiger partial charge is 0.289 e. The molecule has 0 unspecified atom stereocenters. The highest BCUT2D eigenvalue weighted by molar-refractivity contribution is 8.18. The number of phenols is 1. The summed E-state index contributed by atoms with van der Waals surface area (Å²) in [5.74, 6) is 1.67. The fraction of sp³-hybridized carbons (Fsp3) is 0. The van der Waals surface area contributed by atoms with Crippen LogP contribution in [0.3, 0.4) is 0 Å². The van der Waals surface area contributed by atoms with Crippen LogP contribution >= 0.6 is 35.0 Å². The van der Waals surface area contributed by atoms with Crippen LogP contribution in [0.1, 0.15) is 5.76 Å². The average Bonchev–Trinajstić information content (AvgIpc) is 3.26. The van der Waals surface area contributed by atoms with Gasteiger partial charge in [0.25, 0.3) is 5.24 Å². The molecule has 1 aliphatic rings. The molecule has 0 atom stereocenters. The topological polar surface area (TPSA) is 74.8 Å². The first-order valence-electron chi connectivity index (χ1n) is 8.12. The number of carbonyl (C=O) groups excluding carboxylic acids is 1. The van der Waals surface area contributed by atoms with Crippen molar-refractivity contribution in [3.05, 3.63) is 75.3 Å². The second kappa shape index (κ2) is 7.75. The number of furan rings is 1. The number of rotatable bonds is 3. The van der Waals surface area contributed by atoms with Gasteiger partial charge in [0, 0.05) is 5.56 Å². The normalized spacial score (nSPS) is 16.7. The van der Waals surface area contributed by atoms with Crippen LogP contribution in [-0.2, 0) is 0 Å². The average molecular weight is 431 g/mol. The molecule has 140 valence electrons. The summed E-state index contributed by atoms with van der Waals surface area (Å²) in [6.45, 7) is 0. The summed E-state index contributed by atoms with van der Waals surface area (Å²) in [6, 6.07) is 15.2. The zero-order valence-electron chi connectivity index (χ0n) is 14.1. The zero-order chi connectivity index (χ0) is 19.7. The number of nitrogens with zero attached hydrogens (tertiary/aromatic N) is 1. The van der Waals surface area contributed by atoms with E-state index >= 15 is 0 Å². The minimum absolute atomic E-state index is 0.146. The van der Waals surface area contributed by atoms with Gasteiger partial charge in [-0.05, 0) is 66.4 Å². The molecule has 0 radical (unpaired) electrons. The van der Waals surface area contributed by atoms with E-state index in [9.17, 15) is 9.90 Å². The van der Waals surface area contributed by atoms with Gasteiger partial charge in [-0.15, -0.1) is 0 Å². The van der Waals surface area contributed by atoms with Crippen LogP contribution in [0.15, 0.2) is 68.9 Å². The van der Waals surface area contributed by atoms with Gasteiger partial charge in [0.2, 0.25) is 0 Å². The van der Waals surface area contributed by atoms with Gasteiger partial charge >= 0.3 is 0 Å². The molecule has 1 aliphatic heterocycles. The number of thioether (sulfide) groups is 1. The Morgan fingerprint density at radius 3 is 2.64 bits per heavy atom. The lowest BCUT2D eigenvalue weighted by Gasteiger charge is -2.02. The Bertz CT molecular complexity index is 1120. The lowest BCUT2D eigenvalue weighted by Crippen LogP contribution is -2.18. The largest absolute Gasteiger partial charge is 0.508 e. The number of benzene rings is 2. The van der Waals surface area contributed by atoms with Crippen LogP contribution in [-0.4, -0.2) is 16.2 Å². The third-order valence-electron chi connectivity index (χ3n) is 3.86. The number of aliphatic imine (C=N–C) groups is 1. The van der Waals surface area contributed by atoms with Crippen molar-refractivity contribution < 1.29 is 14.3 Å². The van der Waals surface area contributed by atoms with Crippen LogP contribution in [0.2, 0.25) is 10.0 Å². The number of hydrogen-bond donors (Lipinski definition) is 2. The highest BCUT2D eigenvalue weighted by atomic mass is 35.5. The summed E-state index contributed by atoms with van der Waals surface area (Å²) >= 11 is 13.3. The maximum atomic E-state index is 11.8. The number of aromatic hydroxyl groups is 1. The first kappa shape index (κ1) is 18.7. The van der Waals surface area contributed by atoms with Crippen LogP contribution < -0.4 is 5.32 Å². The lowest BCUT2D eigenvalue weighted by atomic mass is 10.2. The fourth-order valence-corrected chi connectivity index (χ4v) is 3.68. The molecule has 2 heterocycles. The van der Waals surface area contributed by atoms with Crippen molar-refractivity contribution in [2.24, 2.45) is 4.99 Å². The van der Waals surface area contributed by atoms with Crippen LogP contribution in [0.4, 0.5) is 10.5 Å². The molecule has 0 spiro atoms. The molecule has 28 heavy (non-hydrogen) atoms. The van der Waals surface area contributed by atoms with Crippen molar-refractivity contribution >= 4 is 57.8 Å². The molecule has 5 nitrogen and oxygen atoms in total. The Kier molecular flexibility index (Phi) is 5.17. The van der Waals surface area contributed by atoms with Crippen molar-refractivity contribution in [1.29, 1.82) is 0 Å². The standard InChI is InChI=1S/C20H12Cl2N2O3S/c21-15-3-1-2-14(18(15)22)16-9-8-13(27-16)10-17-19(24-20(26)28-17)23-11-4-6-12(25)7-5-11/h1-10,25H,(H,23,24,26). The highest BCUT2D eigenvalue weighted by Gasteiger charge is 2.24. The summed E-state index contributed by atoms with van der Waals surface area (Å²) in [5.41, 5.74) is 1.29. The monoisotopic (exact) mass is 430 g/mol. The third kappa shape index (κ3) is 3.94. The minimum atomic E-state index is -0.228. The maximum absolute atomic E-state index is 11.8. The highest BCUT2D eigenvalue weighted by Crippen LogP contribution is 2.35. The van der Waals surface area contributed by atoms with Gasteiger partial charge in [-0.3, -0.25) is 4.79 Å². The van der Waals surface area contributed by atoms with E-state index < -0.39 is 0 Å². The Morgan fingerprint density at radius 2 is 1.86 bits per heavy atom. The second-order valence-electron chi connectivity index (χ2n) is 5.80. The van der Waals surface area contributed by atoms with Gasteiger partial charge in [-0.1, -0.05) is 29.3 Å². The van der Waals surface area contributed by atoms with Crippen LogP contribution in [0, 0.1) is 0 Å². The van der Waals surface area contributed by atoms with Gasteiger partial charge < -0.3 is 14.8 Å². The van der Waals surface area contributed by atoms with E-state index in [1.54, 1.807) is 42.5 Å². The molecule has 4 rings (SSSR count). The quantitative estimate of drug-likeness (QED) is 0.497. The van der Waals surface area contributed by atoms with E-state index in [-0.39, 0.29) is 11.0 Å². The first-order chi connectivity index (χ1) is 13.5. The van der Waals surface area contributed by atoms with Gasteiger partial charge in [0.1, 0.15) is 23.1 Å². The van der Waals surface area contributed by atoms with E-state index in [0.717, 1.165) is 11.8 Å². The summed E-state index contributed by atoms with van der Waals surface area (Å²) in [5, 5.41) is 12.7. The molecule has 1 aromatic heterocycles. The van der Waals surface area contributed by atoms with E-state index in [2.05, 4.69) is 10.3 Å². The Morgan fingerprint density at radius 1 is 1.07 bits per heavy atom. The SMILES string of the molecule is O=C1NC(=Nc2ccc(O)cc2)C(=Cc2ccc(-c3cccc(Cl)c3Cl)o2)S1. The summed E-state index contributed by atoms with van der Waals surface area (Å²) < 4.78 is 5.86. The Hall–Kier alpha value is -2.67. The molecule has 1 fully saturated rings. The van der Waals surface area contributed by atoms with Crippen LogP contribution in [0.5, 0.6) is 5.75 Å². The van der Waals surface area contributed by atoms with Crippen LogP contribution in [0.25, 0.3) is 17.4 Å². The van der Waals surface area contributed by atoms with Gasteiger partial charge in [-0.25, -0.2) is 4.99 Å². The number of nitrogens with one attached hydrogen (secondary N) is 1. The van der Waals surface area contributed by atoms with E-state index in [1.807, 2.05) is 6.07 Å². The van der Waals surface area contributed by atoms with Gasteiger partial charge in [-0.2, -0.15) is 0 Å². The van der Waals surface area contributed by atoms with Crippen molar-refractivity contribution in [2.45, 2.75) is 0 Å². The molecular weight excluding hydrogens is 419 g/mol. The Labute approximate surface area is 174 Å². The number of carbonyl (C=O) groups is 1. The molecular formula is C20H12Cl2N2O3S. The van der Waals surface area contributed by atoms with Crippen molar-refractivity contribution in [1.82, 2.24) is 5.32 Å². The van der Waals surface area contributed by atoms with Gasteiger partial charge in [0.15, 0.2) is 0 Å². The molecule has 8 heteroatoms. The second-order valence-corrected chi connectivity index (χ2v) is 7.60. The molecule has 0 bridgehead atoms. The lowest BCUT2D eigenvalue weighted by molar-refractivity contribution is 0.265. The molecule has 2 aromatic carbocycles. The predicted molar refractivity (Wildman–Crippen MR) is 113 cm³/mol. The molecule has 0 saturated carbocycles. The molecule has 0 aliphatic carbocycles. The maximum Gasteiger partial charge on any atom is 0.289 e. The van der Waals surface area contributed by atoms with Crippen molar-refractivity contribution in [3.63, 3.8) is 0 Å². The Balaban J connectivity index is 1.66. The molecule has 2 N–H and O–H groups in total. The summed E-state index contributed by atoms with van der Waals surface area (Å²) in [4.78, 5) is 16.9. The molecule has 1 amide bonds.